The second-order valence-corrected chi connectivity index (χ2v) is 5.76. The van der Waals surface area contributed by atoms with E-state index >= 15 is 0 Å². The van der Waals surface area contributed by atoms with Crippen molar-refractivity contribution in [3.05, 3.63) is 45.1 Å². The number of hydrogen-bond donors (Lipinski definition) is 1. The lowest BCUT2D eigenvalue weighted by Gasteiger charge is -2.02. The molecule has 0 atom stereocenters. The van der Waals surface area contributed by atoms with Crippen LogP contribution >= 0.6 is 22.6 Å². The maximum atomic E-state index is 11.9. The Morgan fingerprint density at radius 2 is 2.11 bits per heavy atom. The van der Waals surface area contributed by atoms with Crippen LogP contribution < -0.4 is 5.32 Å². The second-order valence-electron chi connectivity index (χ2n) is 4.51. The molecule has 1 aliphatic rings. The number of hydrogen-bond acceptors (Lipinski definition) is 4. The van der Waals surface area contributed by atoms with Crippen LogP contribution in [0.1, 0.15) is 40.8 Å². The number of benzene rings is 1. The zero-order chi connectivity index (χ0) is 13.2. The highest BCUT2D eigenvalue weighted by atomic mass is 127. The Bertz CT molecular complexity index is 590. The summed E-state index contributed by atoms with van der Waals surface area (Å²) in [6.07, 6.45) is 2.27. The number of halogens is 1. The van der Waals surface area contributed by atoms with Gasteiger partial charge >= 0.3 is 0 Å². The Morgan fingerprint density at radius 3 is 2.79 bits per heavy atom. The zero-order valence-electron chi connectivity index (χ0n) is 10.1. The lowest BCUT2D eigenvalue weighted by molar-refractivity contribution is 0.0946. The van der Waals surface area contributed by atoms with Gasteiger partial charge in [0.25, 0.3) is 5.91 Å². The molecule has 3 rings (SSSR count). The van der Waals surface area contributed by atoms with Crippen LogP contribution in [-0.4, -0.2) is 16.0 Å². The van der Waals surface area contributed by atoms with Gasteiger partial charge in [0.2, 0.25) is 5.89 Å². The molecule has 0 radical (unpaired) electrons. The van der Waals surface area contributed by atoms with Crippen molar-refractivity contribution in [1.82, 2.24) is 15.5 Å². The van der Waals surface area contributed by atoms with E-state index in [9.17, 15) is 4.79 Å². The van der Waals surface area contributed by atoms with Gasteiger partial charge in [0.1, 0.15) is 0 Å². The molecular weight excluding hydrogens is 357 g/mol. The third-order valence-corrected chi connectivity index (χ3v) is 3.65. The molecule has 0 saturated heterocycles. The molecule has 98 valence electrons. The molecule has 1 N–H and O–H groups in total. The van der Waals surface area contributed by atoms with Crippen LogP contribution in [0.15, 0.2) is 28.8 Å². The van der Waals surface area contributed by atoms with Crippen molar-refractivity contribution in [3.63, 3.8) is 0 Å². The molecule has 0 aliphatic heterocycles. The number of nitrogens with zero attached hydrogens (tertiary/aromatic N) is 2. The molecule has 0 bridgehead atoms. The van der Waals surface area contributed by atoms with E-state index in [1.807, 2.05) is 12.1 Å². The van der Waals surface area contributed by atoms with Crippen LogP contribution in [0, 0.1) is 3.57 Å². The van der Waals surface area contributed by atoms with Gasteiger partial charge in [-0.2, -0.15) is 4.98 Å². The quantitative estimate of drug-likeness (QED) is 0.841. The van der Waals surface area contributed by atoms with Crippen LogP contribution in [0.4, 0.5) is 0 Å². The first kappa shape index (κ1) is 12.6. The number of rotatable bonds is 4. The van der Waals surface area contributed by atoms with Crippen LogP contribution in [-0.2, 0) is 6.54 Å². The van der Waals surface area contributed by atoms with E-state index in [0.29, 0.717) is 17.4 Å². The molecule has 1 saturated carbocycles. The molecule has 1 aromatic heterocycles. The van der Waals surface area contributed by atoms with Gasteiger partial charge in [-0.15, -0.1) is 0 Å². The molecule has 19 heavy (non-hydrogen) atoms. The molecule has 2 aromatic rings. The summed E-state index contributed by atoms with van der Waals surface area (Å²) in [7, 11) is 0. The normalized spacial score (nSPS) is 14.4. The molecule has 5 nitrogen and oxygen atoms in total. The lowest BCUT2D eigenvalue weighted by Crippen LogP contribution is -2.22. The second kappa shape index (κ2) is 5.28. The number of aromatic nitrogens is 2. The highest BCUT2D eigenvalue weighted by Gasteiger charge is 2.28. The summed E-state index contributed by atoms with van der Waals surface area (Å²) in [5.74, 6) is 1.55. The molecular formula is C13H12IN3O2. The molecule has 1 fully saturated rings. The van der Waals surface area contributed by atoms with Gasteiger partial charge in [0.15, 0.2) is 5.82 Å². The van der Waals surface area contributed by atoms with E-state index in [2.05, 4.69) is 38.0 Å². The zero-order valence-corrected chi connectivity index (χ0v) is 12.3. The Labute approximate surface area is 123 Å². The fraction of sp³-hybridized carbons (Fsp3) is 0.308. The highest BCUT2D eigenvalue weighted by Crippen LogP contribution is 2.37. The van der Waals surface area contributed by atoms with Crippen LogP contribution in [0.5, 0.6) is 0 Å². The molecule has 6 heteroatoms. The topological polar surface area (TPSA) is 68.0 Å². The third kappa shape index (κ3) is 3.12. The summed E-state index contributed by atoms with van der Waals surface area (Å²) >= 11 is 2.20. The van der Waals surface area contributed by atoms with Crippen LogP contribution in [0.25, 0.3) is 0 Å². The smallest absolute Gasteiger partial charge is 0.251 e. The number of amides is 1. The summed E-state index contributed by atoms with van der Waals surface area (Å²) in [6.45, 7) is 0.268. The van der Waals surface area contributed by atoms with Gasteiger partial charge in [0.05, 0.1) is 6.54 Å². The van der Waals surface area contributed by atoms with Gasteiger partial charge in [-0.25, -0.2) is 0 Å². The van der Waals surface area contributed by atoms with Crippen LogP contribution in [0.3, 0.4) is 0 Å². The van der Waals surface area contributed by atoms with Gasteiger partial charge < -0.3 is 9.84 Å². The van der Waals surface area contributed by atoms with Crippen molar-refractivity contribution in [1.29, 1.82) is 0 Å². The Kier molecular flexibility index (Phi) is 3.50. The highest BCUT2D eigenvalue weighted by molar-refractivity contribution is 14.1. The minimum atomic E-state index is -0.137. The number of carbonyl (C=O) groups excluding carboxylic acids is 1. The minimum Gasteiger partial charge on any atom is -0.343 e. The first-order chi connectivity index (χ1) is 9.22. The third-order valence-electron chi connectivity index (χ3n) is 2.93. The van der Waals surface area contributed by atoms with E-state index in [-0.39, 0.29) is 12.5 Å². The van der Waals surface area contributed by atoms with E-state index < -0.39 is 0 Å². The lowest BCUT2D eigenvalue weighted by atomic mass is 10.2. The van der Waals surface area contributed by atoms with Crippen molar-refractivity contribution < 1.29 is 9.32 Å². The van der Waals surface area contributed by atoms with Crippen LogP contribution in [0.2, 0.25) is 0 Å². The monoisotopic (exact) mass is 369 g/mol. The van der Waals surface area contributed by atoms with E-state index in [1.165, 1.54) is 0 Å². The van der Waals surface area contributed by atoms with E-state index in [0.717, 1.165) is 22.2 Å². The standard InChI is InChI=1S/C13H12IN3O2/c14-10-5-3-9(4-6-10)13(18)15-7-11-16-12(17-19-11)8-1-2-8/h3-6,8H,1-2,7H2,(H,15,18). The van der Waals surface area contributed by atoms with E-state index in [1.54, 1.807) is 12.1 Å². The van der Waals surface area contributed by atoms with Gasteiger partial charge in [-0.3, -0.25) is 4.79 Å². The first-order valence-corrected chi connectivity index (χ1v) is 7.16. The molecule has 1 amide bonds. The average molecular weight is 369 g/mol. The average Bonchev–Trinajstić information content (AvgIpc) is 3.16. The molecule has 0 spiro atoms. The predicted octanol–water partition coefficient (Wildman–Crippen LogP) is 2.48. The Hall–Kier alpha value is -1.44. The summed E-state index contributed by atoms with van der Waals surface area (Å²) in [5.41, 5.74) is 0.627. The van der Waals surface area contributed by atoms with Gasteiger partial charge in [-0.05, 0) is 59.7 Å². The first-order valence-electron chi connectivity index (χ1n) is 6.08. The van der Waals surface area contributed by atoms with Crippen molar-refractivity contribution in [3.8, 4) is 0 Å². The Morgan fingerprint density at radius 1 is 1.37 bits per heavy atom. The summed E-state index contributed by atoms with van der Waals surface area (Å²) in [5, 5.41) is 6.67. The largest absolute Gasteiger partial charge is 0.343 e. The predicted molar refractivity (Wildman–Crippen MR) is 76.6 cm³/mol. The molecule has 0 unspecified atom stereocenters. The maximum absolute atomic E-state index is 11.9. The molecule has 1 aromatic carbocycles. The summed E-state index contributed by atoms with van der Waals surface area (Å²) in [4.78, 5) is 16.1. The van der Waals surface area contributed by atoms with Crippen molar-refractivity contribution in [2.45, 2.75) is 25.3 Å². The number of nitrogens with one attached hydrogen (secondary N) is 1. The fourth-order valence-corrected chi connectivity index (χ4v) is 2.07. The maximum Gasteiger partial charge on any atom is 0.251 e. The fourth-order valence-electron chi connectivity index (χ4n) is 1.71. The van der Waals surface area contributed by atoms with Crippen molar-refractivity contribution in [2.75, 3.05) is 0 Å². The molecule has 1 aliphatic carbocycles. The van der Waals surface area contributed by atoms with Gasteiger partial charge in [-0.1, -0.05) is 5.16 Å². The van der Waals surface area contributed by atoms with Crippen molar-refractivity contribution in [2.24, 2.45) is 0 Å². The minimum absolute atomic E-state index is 0.137. The SMILES string of the molecule is O=C(NCc1nc(C2CC2)no1)c1ccc(I)cc1. The molecule has 1 heterocycles. The number of carbonyl (C=O) groups is 1. The Balaban J connectivity index is 1.58. The summed E-state index contributed by atoms with van der Waals surface area (Å²) in [6, 6.07) is 7.38. The van der Waals surface area contributed by atoms with Crippen molar-refractivity contribution >= 4 is 28.5 Å². The summed E-state index contributed by atoms with van der Waals surface area (Å²) < 4.78 is 6.19. The van der Waals surface area contributed by atoms with Gasteiger partial charge in [0, 0.05) is 15.1 Å². The van der Waals surface area contributed by atoms with E-state index in [4.69, 9.17) is 4.52 Å².